The Morgan fingerprint density at radius 1 is 1.11 bits per heavy atom. The maximum atomic E-state index is 13.2. The van der Waals surface area contributed by atoms with Gasteiger partial charge in [-0.3, -0.25) is 14.5 Å². The first-order valence-electron chi connectivity index (χ1n) is 12.0. The predicted octanol–water partition coefficient (Wildman–Crippen LogP) is 4.30. The van der Waals surface area contributed by atoms with E-state index in [4.69, 9.17) is 9.47 Å². The minimum Gasteiger partial charge on any atom is -0.507 e. The average Bonchev–Trinajstić information content (AvgIpc) is 3.12. The van der Waals surface area contributed by atoms with Crippen LogP contribution in [0.5, 0.6) is 5.75 Å². The smallest absolute Gasteiger partial charge is 0.295 e. The van der Waals surface area contributed by atoms with Crippen molar-refractivity contribution in [1.29, 1.82) is 0 Å². The molecule has 0 radical (unpaired) electrons. The summed E-state index contributed by atoms with van der Waals surface area (Å²) in [6.07, 6.45) is 0.891. The molecule has 2 aliphatic rings. The Labute approximate surface area is 214 Å². The molecule has 186 valence electrons. The topological polar surface area (TPSA) is 79.3 Å². The van der Waals surface area contributed by atoms with Crippen molar-refractivity contribution in [2.75, 3.05) is 46.0 Å². The number of ether oxygens (including phenoxy) is 2. The first-order chi connectivity index (χ1) is 16.9. The Bertz CT molecular complexity index is 1110. The normalized spacial score (nSPS) is 20.4. The lowest BCUT2D eigenvalue weighted by molar-refractivity contribution is -0.140. The van der Waals surface area contributed by atoms with E-state index in [0.29, 0.717) is 38.5 Å². The highest BCUT2D eigenvalue weighted by molar-refractivity contribution is 9.10. The predicted molar refractivity (Wildman–Crippen MR) is 137 cm³/mol. The zero-order valence-corrected chi connectivity index (χ0v) is 21.7. The third-order valence-corrected chi connectivity index (χ3v) is 6.93. The fraction of sp³-hybridized carbons (Fsp3) is 0.407. The van der Waals surface area contributed by atoms with E-state index in [1.807, 2.05) is 38.1 Å². The molecule has 2 fully saturated rings. The molecule has 0 aromatic heterocycles. The van der Waals surface area contributed by atoms with Crippen molar-refractivity contribution in [3.05, 3.63) is 69.2 Å². The number of aliphatic hydroxyl groups is 1. The third kappa shape index (κ3) is 5.60. The Balaban J connectivity index is 1.71. The molecule has 1 amide bonds. The van der Waals surface area contributed by atoms with Gasteiger partial charge >= 0.3 is 0 Å². The number of ketones is 1. The van der Waals surface area contributed by atoms with Crippen LogP contribution < -0.4 is 4.74 Å². The number of hydrogen-bond donors (Lipinski definition) is 1. The molecule has 35 heavy (non-hydrogen) atoms. The van der Waals surface area contributed by atoms with Gasteiger partial charge in [-0.05, 0) is 54.8 Å². The number of benzene rings is 2. The largest absolute Gasteiger partial charge is 0.507 e. The van der Waals surface area contributed by atoms with E-state index in [-0.39, 0.29) is 11.3 Å². The van der Waals surface area contributed by atoms with Crippen molar-refractivity contribution in [2.45, 2.75) is 26.3 Å². The van der Waals surface area contributed by atoms with Gasteiger partial charge in [0.2, 0.25) is 0 Å². The Kier molecular flexibility index (Phi) is 8.26. The first-order valence-corrected chi connectivity index (χ1v) is 12.8. The molecule has 0 bridgehead atoms. The molecule has 2 heterocycles. The molecular formula is C27H31BrN2O5. The van der Waals surface area contributed by atoms with Gasteiger partial charge in [-0.2, -0.15) is 0 Å². The lowest BCUT2D eigenvalue weighted by Gasteiger charge is -2.31. The van der Waals surface area contributed by atoms with Crippen LogP contribution in [0.4, 0.5) is 0 Å². The summed E-state index contributed by atoms with van der Waals surface area (Å²) in [5.74, 6) is -0.692. The van der Waals surface area contributed by atoms with Crippen LogP contribution in [-0.2, 0) is 14.3 Å². The van der Waals surface area contributed by atoms with E-state index in [2.05, 4.69) is 20.8 Å². The van der Waals surface area contributed by atoms with Crippen LogP contribution in [0.1, 0.15) is 36.1 Å². The number of aryl methyl sites for hydroxylation is 1. The summed E-state index contributed by atoms with van der Waals surface area (Å²) >= 11 is 3.45. The van der Waals surface area contributed by atoms with Gasteiger partial charge in [0.05, 0.1) is 31.4 Å². The number of halogens is 1. The monoisotopic (exact) mass is 542 g/mol. The van der Waals surface area contributed by atoms with E-state index in [0.717, 1.165) is 40.9 Å². The number of rotatable bonds is 8. The molecule has 4 rings (SSSR count). The molecule has 2 saturated heterocycles. The molecule has 2 aliphatic heterocycles. The van der Waals surface area contributed by atoms with Crippen molar-refractivity contribution in [3.8, 4) is 5.75 Å². The summed E-state index contributed by atoms with van der Waals surface area (Å²) in [5, 5.41) is 11.3. The number of morpholine rings is 1. The highest BCUT2D eigenvalue weighted by Gasteiger charge is 2.46. The van der Waals surface area contributed by atoms with Crippen LogP contribution in [0.2, 0.25) is 0 Å². The van der Waals surface area contributed by atoms with E-state index in [1.54, 1.807) is 23.1 Å². The highest BCUT2D eigenvalue weighted by atomic mass is 79.9. The van der Waals surface area contributed by atoms with E-state index in [1.165, 1.54) is 0 Å². The maximum absolute atomic E-state index is 13.2. The molecule has 0 aliphatic carbocycles. The van der Waals surface area contributed by atoms with Crippen LogP contribution >= 0.6 is 15.9 Å². The van der Waals surface area contributed by atoms with Gasteiger partial charge in [0.15, 0.2) is 0 Å². The van der Waals surface area contributed by atoms with Gasteiger partial charge in [-0.15, -0.1) is 0 Å². The quantitative estimate of drug-likeness (QED) is 0.304. The van der Waals surface area contributed by atoms with Crippen molar-refractivity contribution < 1.29 is 24.2 Å². The summed E-state index contributed by atoms with van der Waals surface area (Å²) in [6.45, 7) is 8.45. The van der Waals surface area contributed by atoms with Gasteiger partial charge in [0.25, 0.3) is 11.7 Å². The van der Waals surface area contributed by atoms with Gasteiger partial charge in [-0.1, -0.05) is 35.0 Å². The second-order valence-corrected chi connectivity index (χ2v) is 9.74. The van der Waals surface area contributed by atoms with Gasteiger partial charge in [0, 0.05) is 36.2 Å². The standard InChI is InChI=1S/C27H31BrN2O5/c1-3-14-35-22-9-6-20(17-18(22)2)25(31)23-24(19-4-7-21(28)8-5-19)30(27(33)26(23)32)11-10-29-12-15-34-16-13-29/h4-9,17,24,31H,3,10-16H2,1-2H3/t24-/m0/s1. The number of carbonyl (C=O) groups excluding carboxylic acids is 2. The average molecular weight is 543 g/mol. The molecule has 1 atom stereocenters. The number of amides is 1. The van der Waals surface area contributed by atoms with Crippen LogP contribution in [0.25, 0.3) is 5.76 Å². The Hall–Kier alpha value is -2.68. The molecule has 2 aromatic carbocycles. The summed E-state index contributed by atoms with van der Waals surface area (Å²) in [5.41, 5.74) is 2.22. The summed E-state index contributed by atoms with van der Waals surface area (Å²) in [7, 11) is 0. The lowest BCUT2D eigenvalue weighted by atomic mass is 9.95. The zero-order valence-electron chi connectivity index (χ0n) is 20.1. The van der Waals surface area contributed by atoms with Crippen molar-refractivity contribution in [3.63, 3.8) is 0 Å². The summed E-state index contributed by atoms with van der Waals surface area (Å²) in [4.78, 5) is 30.2. The van der Waals surface area contributed by atoms with E-state index in [9.17, 15) is 14.7 Å². The van der Waals surface area contributed by atoms with Crippen molar-refractivity contribution in [1.82, 2.24) is 9.80 Å². The molecule has 8 heteroatoms. The summed E-state index contributed by atoms with van der Waals surface area (Å²) in [6, 6.07) is 12.2. The molecule has 7 nitrogen and oxygen atoms in total. The van der Waals surface area contributed by atoms with Gasteiger partial charge < -0.3 is 19.5 Å². The van der Waals surface area contributed by atoms with Crippen LogP contribution in [0.15, 0.2) is 52.5 Å². The fourth-order valence-electron chi connectivity index (χ4n) is 4.50. The number of aliphatic hydroxyl groups excluding tert-OH is 1. The Morgan fingerprint density at radius 3 is 2.49 bits per heavy atom. The third-order valence-electron chi connectivity index (χ3n) is 6.40. The second kappa shape index (κ2) is 11.4. The van der Waals surface area contributed by atoms with Crippen LogP contribution in [0.3, 0.4) is 0 Å². The maximum Gasteiger partial charge on any atom is 0.295 e. The minimum atomic E-state index is -0.666. The Morgan fingerprint density at radius 2 is 1.83 bits per heavy atom. The molecule has 2 aromatic rings. The number of nitrogens with zero attached hydrogens (tertiary/aromatic N) is 2. The van der Waals surface area contributed by atoms with E-state index >= 15 is 0 Å². The number of hydrogen-bond acceptors (Lipinski definition) is 6. The van der Waals surface area contributed by atoms with Gasteiger partial charge in [-0.25, -0.2) is 0 Å². The number of likely N-dealkylation sites (tertiary alicyclic amines) is 1. The highest BCUT2D eigenvalue weighted by Crippen LogP contribution is 2.40. The molecule has 1 N–H and O–H groups in total. The molecule has 0 saturated carbocycles. The van der Waals surface area contributed by atoms with Crippen LogP contribution in [0, 0.1) is 6.92 Å². The van der Waals surface area contributed by atoms with Crippen LogP contribution in [-0.4, -0.2) is 72.6 Å². The second-order valence-electron chi connectivity index (χ2n) is 8.83. The molecule has 0 spiro atoms. The lowest BCUT2D eigenvalue weighted by Crippen LogP contribution is -2.42. The first kappa shape index (κ1) is 25.4. The number of Topliss-reactive ketones (excluding diaryl/α,β-unsaturated/α-hetero) is 1. The van der Waals surface area contributed by atoms with Crippen molar-refractivity contribution in [2.24, 2.45) is 0 Å². The zero-order chi connectivity index (χ0) is 24.9. The SMILES string of the molecule is CCCOc1ccc(C(O)=C2C(=O)C(=O)N(CCN3CCOCC3)[C@H]2c2ccc(Br)cc2)cc1C. The summed E-state index contributed by atoms with van der Waals surface area (Å²) < 4.78 is 12.1. The number of carbonyl (C=O) groups is 2. The van der Waals surface area contributed by atoms with E-state index < -0.39 is 17.7 Å². The fourth-order valence-corrected chi connectivity index (χ4v) is 4.77. The molecular weight excluding hydrogens is 512 g/mol. The molecule has 0 unspecified atom stereocenters. The van der Waals surface area contributed by atoms with Crippen molar-refractivity contribution >= 4 is 33.4 Å². The van der Waals surface area contributed by atoms with Gasteiger partial charge in [0.1, 0.15) is 11.5 Å². The minimum absolute atomic E-state index is 0.112.